The molecule has 3 nitrogen and oxygen atoms in total. The van der Waals surface area contributed by atoms with E-state index in [4.69, 9.17) is 27.9 Å². The van der Waals surface area contributed by atoms with Gasteiger partial charge < -0.3 is 10.1 Å². The summed E-state index contributed by atoms with van der Waals surface area (Å²) in [6.07, 6.45) is 0.248. The number of anilines is 1. The number of hydrogen-bond acceptors (Lipinski definition) is 3. The fraction of sp³-hybridized carbons (Fsp3) is 0.188. The van der Waals surface area contributed by atoms with E-state index < -0.39 is 0 Å². The number of benzene rings is 2. The van der Waals surface area contributed by atoms with E-state index in [1.54, 1.807) is 6.07 Å². The number of esters is 1. The zero-order chi connectivity index (χ0) is 15.2. The third-order valence-corrected chi connectivity index (χ3v) is 3.92. The average molecular weight is 324 g/mol. The first-order valence-corrected chi connectivity index (χ1v) is 7.19. The molecule has 5 heteroatoms. The number of ether oxygens (including phenoxy) is 1. The van der Waals surface area contributed by atoms with Crippen molar-refractivity contribution in [3.05, 3.63) is 63.6 Å². The molecule has 110 valence electrons. The van der Waals surface area contributed by atoms with Crippen LogP contribution >= 0.6 is 23.2 Å². The number of nitrogens with one attached hydrogen (secondary N) is 1. The van der Waals surface area contributed by atoms with Crippen molar-refractivity contribution in [2.24, 2.45) is 0 Å². The van der Waals surface area contributed by atoms with Crippen molar-refractivity contribution >= 4 is 34.9 Å². The molecule has 0 unspecified atom stereocenters. The number of rotatable bonds is 5. The topological polar surface area (TPSA) is 38.3 Å². The van der Waals surface area contributed by atoms with Crippen molar-refractivity contribution in [2.45, 2.75) is 13.0 Å². The van der Waals surface area contributed by atoms with Crippen LogP contribution in [-0.2, 0) is 22.5 Å². The highest BCUT2D eigenvalue weighted by Gasteiger charge is 2.09. The largest absolute Gasteiger partial charge is 0.469 e. The fourth-order valence-electron chi connectivity index (χ4n) is 1.96. The summed E-state index contributed by atoms with van der Waals surface area (Å²) in [5.74, 6) is -0.261. The monoisotopic (exact) mass is 323 g/mol. The van der Waals surface area contributed by atoms with Gasteiger partial charge in [0.15, 0.2) is 0 Å². The van der Waals surface area contributed by atoms with Crippen LogP contribution in [0.1, 0.15) is 11.1 Å². The zero-order valence-electron chi connectivity index (χ0n) is 11.5. The Balaban J connectivity index is 2.13. The van der Waals surface area contributed by atoms with Gasteiger partial charge in [-0.2, -0.15) is 0 Å². The molecule has 0 aliphatic carbocycles. The van der Waals surface area contributed by atoms with Gasteiger partial charge in [0.2, 0.25) is 0 Å². The lowest BCUT2D eigenvalue weighted by atomic mass is 10.0. The summed E-state index contributed by atoms with van der Waals surface area (Å²) in [6.45, 7) is 0.549. The Morgan fingerprint density at radius 3 is 2.52 bits per heavy atom. The van der Waals surface area contributed by atoms with Gasteiger partial charge in [-0.15, -0.1) is 0 Å². The first kappa shape index (κ1) is 15.7. The minimum Gasteiger partial charge on any atom is -0.469 e. The molecule has 1 N–H and O–H groups in total. The van der Waals surface area contributed by atoms with Crippen molar-refractivity contribution in [2.75, 3.05) is 12.4 Å². The maximum Gasteiger partial charge on any atom is 0.309 e. The summed E-state index contributed by atoms with van der Waals surface area (Å²) in [4.78, 5) is 11.4. The Labute approximate surface area is 133 Å². The van der Waals surface area contributed by atoms with Gasteiger partial charge in [0, 0.05) is 6.54 Å². The van der Waals surface area contributed by atoms with Crippen LogP contribution in [0.15, 0.2) is 42.5 Å². The average Bonchev–Trinajstić information content (AvgIpc) is 2.50. The SMILES string of the molecule is COC(=O)Cc1ccccc1CNc1cccc(Cl)c1Cl. The Morgan fingerprint density at radius 2 is 1.81 bits per heavy atom. The zero-order valence-corrected chi connectivity index (χ0v) is 13.0. The lowest BCUT2D eigenvalue weighted by Crippen LogP contribution is -2.09. The van der Waals surface area contributed by atoms with Crippen molar-refractivity contribution in [3.63, 3.8) is 0 Å². The van der Waals surface area contributed by atoms with Gasteiger partial charge >= 0.3 is 5.97 Å². The number of methoxy groups -OCH3 is 1. The van der Waals surface area contributed by atoms with Gasteiger partial charge in [-0.1, -0.05) is 53.5 Å². The second-order valence-corrected chi connectivity index (χ2v) is 5.26. The van der Waals surface area contributed by atoms with Gasteiger partial charge in [-0.3, -0.25) is 4.79 Å². The molecule has 0 radical (unpaired) electrons. The maximum absolute atomic E-state index is 11.4. The predicted molar refractivity (Wildman–Crippen MR) is 86.0 cm³/mol. The molecule has 0 saturated carbocycles. The van der Waals surface area contributed by atoms with E-state index in [1.807, 2.05) is 36.4 Å². The molecule has 0 amide bonds. The lowest BCUT2D eigenvalue weighted by Gasteiger charge is -2.12. The molecule has 0 saturated heterocycles. The van der Waals surface area contributed by atoms with Crippen LogP contribution in [0, 0.1) is 0 Å². The second kappa shape index (κ2) is 7.34. The van der Waals surface area contributed by atoms with Crippen LogP contribution in [0.5, 0.6) is 0 Å². The summed E-state index contributed by atoms with van der Waals surface area (Å²) >= 11 is 12.1. The molecule has 0 spiro atoms. The molecule has 0 fully saturated rings. The summed E-state index contributed by atoms with van der Waals surface area (Å²) < 4.78 is 4.71. The van der Waals surface area contributed by atoms with Gasteiger partial charge in [0.25, 0.3) is 0 Å². The molecule has 0 aromatic heterocycles. The summed E-state index contributed by atoms with van der Waals surface area (Å²) in [5, 5.41) is 4.23. The quantitative estimate of drug-likeness (QED) is 0.833. The summed E-state index contributed by atoms with van der Waals surface area (Å²) in [7, 11) is 1.38. The third kappa shape index (κ3) is 4.13. The fourth-order valence-corrected chi connectivity index (χ4v) is 2.33. The van der Waals surface area contributed by atoms with Gasteiger partial charge in [-0.25, -0.2) is 0 Å². The van der Waals surface area contributed by atoms with E-state index in [2.05, 4.69) is 5.32 Å². The van der Waals surface area contributed by atoms with E-state index in [0.29, 0.717) is 16.6 Å². The molecule has 2 rings (SSSR count). The molecule has 0 atom stereocenters. The molecule has 2 aromatic rings. The Kier molecular flexibility index (Phi) is 5.48. The number of hydrogen-bond donors (Lipinski definition) is 1. The van der Waals surface area contributed by atoms with Crippen LogP contribution in [0.4, 0.5) is 5.69 Å². The van der Waals surface area contributed by atoms with Gasteiger partial charge in [0.1, 0.15) is 0 Å². The summed E-state index contributed by atoms with van der Waals surface area (Å²) in [6, 6.07) is 13.1. The number of carbonyl (C=O) groups excluding carboxylic acids is 1. The molecule has 0 heterocycles. The molecule has 2 aromatic carbocycles. The predicted octanol–water partition coefficient (Wildman–Crippen LogP) is 4.32. The molecule has 0 aliphatic rings. The maximum atomic E-state index is 11.4. The highest BCUT2D eigenvalue weighted by atomic mass is 35.5. The van der Waals surface area contributed by atoms with Crippen LogP contribution < -0.4 is 5.32 Å². The van der Waals surface area contributed by atoms with Crippen LogP contribution in [-0.4, -0.2) is 13.1 Å². The Morgan fingerprint density at radius 1 is 1.10 bits per heavy atom. The minimum atomic E-state index is -0.261. The first-order valence-electron chi connectivity index (χ1n) is 6.43. The smallest absolute Gasteiger partial charge is 0.309 e. The highest BCUT2D eigenvalue weighted by Crippen LogP contribution is 2.30. The highest BCUT2D eigenvalue weighted by molar-refractivity contribution is 6.43. The lowest BCUT2D eigenvalue weighted by molar-refractivity contribution is -0.139. The van der Waals surface area contributed by atoms with Crippen molar-refractivity contribution in [3.8, 4) is 0 Å². The second-order valence-electron chi connectivity index (χ2n) is 4.48. The molecular formula is C16H15Cl2NO2. The van der Waals surface area contributed by atoms with Crippen molar-refractivity contribution in [1.82, 2.24) is 0 Å². The third-order valence-electron chi connectivity index (χ3n) is 3.10. The number of halogens is 2. The number of carbonyl (C=O) groups is 1. The Bertz CT molecular complexity index is 644. The van der Waals surface area contributed by atoms with E-state index in [9.17, 15) is 4.79 Å². The van der Waals surface area contributed by atoms with Crippen LogP contribution in [0.25, 0.3) is 0 Å². The first-order chi connectivity index (χ1) is 10.1. The molecular weight excluding hydrogens is 309 g/mol. The normalized spacial score (nSPS) is 10.2. The minimum absolute atomic E-state index is 0.248. The van der Waals surface area contributed by atoms with Gasteiger partial charge in [-0.05, 0) is 23.3 Å². The van der Waals surface area contributed by atoms with E-state index in [-0.39, 0.29) is 12.4 Å². The van der Waals surface area contributed by atoms with E-state index >= 15 is 0 Å². The van der Waals surface area contributed by atoms with Crippen molar-refractivity contribution < 1.29 is 9.53 Å². The van der Waals surface area contributed by atoms with E-state index in [1.165, 1.54) is 7.11 Å². The molecule has 21 heavy (non-hydrogen) atoms. The Hall–Kier alpha value is -1.71. The van der Waals surface area contributed by atoms with Gasteiger partial charge in [0.05, 0.1) is 29.3 Å². The van der Waals surface area contributed by atoms with Crippen LogP contribution in [0.3, 0.4) is 0 Å². The summed E-state index contributed by atoms with van der Waals surface area (Å²) in [5.41, 5.74) is 2.70. The standard InChI is InChI=1S/C16H15Cl2NO2/c1-21-15(20)9-11-5-2-3-6-12(11)10-19-14-8-4-7-13(17)16(14)18/h2-8,19H,9-10H2,1H3. The molecule has 0 aliphatic heterocycles. The van der Waals surface area contributed by atoms with Crippen molar-refractivity contribution in [1.29, 1.82) is 0 Å². The van der Waals surface area contributed by atoms with E-state index in [0.717, 1.165) is 16.8 Å². The van der Waals surface area contributed by atoms with Crippen LogP contribution in [0.2, 0.25) is 10.0 Å². The molecule has 0 bridgehead atoms.